The van der Waals surface area contributed by atoms with Gasteiger partial charge >= 0.3 is 0 Å². The van der Waals surface area contributed by atoms with E-state index < -0.39 is 0 Å². The third-order valence-electron chi connectivity index (χ3n) is 3.04. The summed E-state index contributed by atoms with van der Waals surface area (Å²) in [6, 6.07) is 15.5. The molecule has 4 nitrogen and oxygen atoms in total. The second-order valence-electron chi connectivity index (χ2n) is 4.88. The second kappa shape index (κ2) is 10.2. The van der Waals surface area contributed by atoms with Crippen molar-refractivity contribution in [2.75, 3.05) is 12.4 Å². The minimum absolute atomic E-state index is 0.116. The topological polar surface area (TPSA) is 50.7 Å². The first-order valence-electron chi connectivity index (χ1n) is 7.55. The van der Waals surface area contributed by atoms with E-state index in [0.29, 0.717) is 12.4 Å². The van der Waals surface area contributed by atoms with Crippen molar-refractivity contribution in [2.24, 2.45) is 5.10 Å². The fourth-order valence-corrected chi connectivity index (χ4v) is 3.33. The molecule has 24 heavy (non-hydrogen) atoms. The Morgan fingerprint density at radius 3 is 2.71 bits per heavy atom. The summed E-state index contributed by atoms with van der Waals surface area (Å²) in [7, 11) is 0. The number of benzene rings is 2. The van der Waals surface area contributed by atoms with Crippen LogP contribution < -0.4 is 10.2 Å². The van der Waals surface area contributed by atoms with E-state index in [2.05, 4.69) is 26.5 Å². The number of amides is 1. The van der Waals surface area contributed by atoms with Crippen molar-refractivity contribution in [1.82, 2.24) is 5.43 Å². The lowest BCUT2D eigenvalue weighted by Gasteiger charge is -2.04. The summed E-state index contributed by atoms with van der Waals surface area (Å²) in [6.07, 6.45) is 1.62. The lowest BCUT2D eigenvalue weighted by Crippen LogP contribution is -2.19. The number of nitrogens with zero attached hydrogens (tertiary/aromatic N) is 1. The van der Waals surface area contributed by atoms with Gasteiger partial charge in [0.05, 0.1) is 18.6 Å². The molecule has 1 N–H and O–H groups in total. The van der Waals surface area contributed by atoms with Crippen molar-refractivity contribution in [3.63, 3.8) is 0 Å². The number of thioether (sulfide) groups is 1. The summed E-state index contributed by atoms with van der Waals surface area (Å²) in [5, 5.41) is 3.97. The Morgan fingerprint density at radius 2 is 2.00 bits per heavy atom. The molecule has 0 spiro atoms. The quantitative estimate of drug-likeness (QED) is 0.526. The van der Waals surface area contributed by atoms with Gasteiger partial charge in [0.1, 0.15) is 5.75 Å². The summed E-state index contributed by atoms with van der Waals surface area (Å²) in [6.45, 7) is 2.58. The Balaban J connectivity index is 1.71. The maximum atomic E-state index is 11.8. The van der Waals surface area contributed by atoms with Crippen molar-refractivity contribution in [3.05, 3.63) is 64.1 Å². The summed E-state index contributed by atoms with van der Waals surface area (Å²) in [4.78, 5) is 11.8. The van der Waals surface area contributed by atoms with Crippen molar-refractivity contribution in [3.8, 4) is 5.75 Å². The number of hydrazone groups is 1. The average Bonchev–Trinajstić information content (AvgIpc) is 2.58. The molecule has 126 valence electrons. The molecule has 0 saturated heterocycles. The average molecular weight is 407 g/mol. The maximum absolute atomic E-state index is 11.8. The zero-order chi connectivity index (χ0) is 17.2. The highest BCUT2D eigenvalue weighted by Crippen LogP contribution is 2.21. The van der Waals surface area contributed by atoms with E-state index in [4.69, 9.17) is 4.74 Å². The van der Waals surface area contributed by atoms with Crippen molar-refractivity contribution in [1.29, 1.82) is 0 Å². The van der Waals surface area contributed by atoms with Gasteiger partial charge in [0.15, 0.2) is 0 Å². The van der Waals surface area contributed by atoms with Crippen LogP contribution in [0.2, 0.25) is 0 Å². The molecule has 0 radical (unpaired) electrons. The first-order chi connectivity index (χ1) is 11.7. The highest BCUT2D eigenvalue weighted by atomic mass is 79.9. The van der Waals surface area contributed by atoms with E-state index in [1.54, 1.807) is 18.0 Å². The molecule has 0 saturated carbocycles. The van der Waals surface area contributed by atoms with Gasteiger partial charge in [-0.1, -0.05) is 34.1 Å². The number of hydrogen-bond acceptors (Lipinski definition) is 4. The number of hydrogen-bond donors (Lipinski definition) is 1. The molecule has 0 aliphatic carbocycles. The van der Waals surface area contributed by atoms with Crippen molar-refractivity contribution >= 4 is 39.8 Å². The van der Waals surface area contributed by atoms with E-state index in [9.17, 15) is 4.79 Å². The predicted octanol–water partition coefficient (Wildman–Crippen LogP) is 4.23. The van der Waals surface area contributed by atoms with Gasteiger partial charge in [-0.2, -0.15) is 5.10 Å². The highest BCUT2D eigenvalue weighted by molar-refractivity contribution is 9.10. The van der Waals surface area contributed by atoms with Crippen LogP contribution in [-0.4, -0.2) is 24.5 Å². The van der Waals surface area contributed by atoms with Crippen LogP contribution in [0.3, 0.4) is 0 Å². The van der Waals surface area contributed by atoms with Gasteiger partial charge in [-0.15, -0.1) is 11.8 Å². The van der Waals surface area contributed by atoms with E-state index in [1.165, 1.54) is 5.56 Å². The molecule has 0 heterocycles. The standard InChI is InChI=1S/C18H19BrN2O2S/c1-2-23-16-9-7-14(8-10-16)11-20-21-18(22)13-24-12-15-5-3-4-6-17(15)19/h3-11H,2,12-13H2,1H3,(H,21,22)/b20-11-. The van der Waals surface area contributed by atoms with Gasteiger partial charge < -0.3 is 4.74 Å². The monoisotopic (exact) mass is 406 g/mol. The van der Waals surface area contributed by atoms with Crippen LogP contribution in [-0.2, 0) is 10.5 Å². The SMILES string of the molecule is CCOc1ccc(/C=N\NC(=O)CSCc2ccccc2Br)cc1. The van der Waals surface area contributed by atoms with Crippen LogP contribution in [0.4, 0.5) is 0 Å². The van der Waals surface area contributed by atoms with Crippen LogP contribution in [0.1, 0.15) is 18.1 Å². The molecular formula is C18H19BrN2O2S. The third-order valence-corrected chi connectivity index (χ3v) is 4.80. The Labute approximate surface area is 154 Å². The fraction of sp³-hybridized carbons (Fsp3) is 0.222. The number of halogens is 1. The molecule has 1 amide bonds. The predicted molar refractivity (Wildman–Crippen MR) is 104 cm³/mol. The molecule has 0 fully saturated rings. The molecule has 0 aliphatic rings. The van der Waals surface area contributed by atoms with Gasteiger partial charge in [-0.3, -0.25) is 4.79 Å². The van der Waals surface area contributed by atoms with Gasteiger partial charge in [0, 0.05) is 10.2 Å². The van der Waals surface area contributed by atoms with Crippen LogP contribution in [0.25, 0.3) is 0 Å². The Kier molecular flexibility index (Phi) is 7.85. The molecule has 0 unspecified atom stereocenters. The molecule has 2 rings (SSSR count). The van der Waals surface area contributed by atoms with Crippen molar-refractivity contribution < 1.29 is 9.53 Å². The summed E-state index contributed by atoms with van der Waals surface area (Å²) in [5.41, 5.74) is 4.62. The highest BCUT2D eigenvalue weighted by Gasteiger charge is 2.02. The Morgan fingerprint density at radius 1 is 1.25 bits per heavy atom. The van der Waals surface area contributed by atoms with Gasteiger partial charge in [-0.05, 0) is 48.4 Å². The van der Waals surface area contributed by atoms with Crippen LogP contribution in [0.5, 0.6) is 5.75 Å². The minimum Gasteiger partial charge on any atom is -0.494 e. The van der Waals surface area contributed by atoms with Crippen molar-refractivity contribution in [2.45, 2.75) is 12.7 Å². The number of nitrogens with one attached hydrogen (secondary N) is 1. The van der Waals surface area contributed by atoms with E-state index in [0.717, 1.165) is 21.5 Å². The maximum Gasteiger partial charge on any atom is 0.250 e. The lowest BCUT2D eigenvalue weighted by molar-refractivity contribution is -0.118. The second-order valence-corrected chi connectivity index (χ2v) is 6.72. The summed E-state index contributed by atoms with van der Waals surface area (Å²) >= 11 is 5.05. The Bertz CT molecular complexity index is 690. The number of ether oxygens (including phenoxy) is 1. The molecule has 0 atom stereocenters. The normalized spacial score (nSPS) is 10.8. The molecule has 6 heteroatoms. The smallest absolute Gasteiger partial charge is 0.250 e. The molecule has 0 bridgehead atoms. The van der Waals surface area contributed by atoms with E-state index in [-0.39, 0.29) is 5.91 Å². The summed E-state index contributed by atoms with van der Waals surface area (Å²) < 4.78 is 6.43. The fourth-order valence-electron chi connectivity index (χ4n) is 1.90. The van der Waals surface area contributed by atoms with E-state index >= 15 is 0 Å². The lowest BCUT2D eigenvalue weighted by atomic mass is 10.2. The minimum atomic E-state index is -0.116. The Hall–Kier alpha value is -1.79. The molecule has 0 aromatic heterocycles. The first-order valence-corrected chi connectivity index (χ1v) is 9.49. The van der Waals surface area contributed by atoms with Crippen LogP contribution in [0, 0.1) is 0 Å². The summed E-state index contributed by atoms with van der Waals surface area (Å²) in [5.74, 6) is 1.84. The van der Waals surface area contributed by atoms with E-state index in [1.807, 2.05) is 55.5 Å². The van der Waals surface area contributed by atoms with Crippen LogP contribution in [0.15, 0.2) is 58.1 Å². The van der Waals surface area contributed by atoms with Gasteiger partial charge in [0.25, 0.3) is 0 Å². The number of carbonyl (C=O) groups is 1. The zero-order valence-electron chi connectivity index (χ0n) is 13.4. The first kappa shape index (κ1) is 18.5. The molecule has 2 aromatic carbocycles. The van der Waals surface area contributed by atoms with Gasteiger partial charge in [0.2, 0.25) is 5.91 Å². The molecule has 2 aromatic rings. The number of carbonyl (C=O) groups excluding carboxylic acids is 1. The number of rotatable bonds is 8. The molecular weight excluding hydrogens is 388 g/mol. The molecule has 0 aliphatic heterocycles. The van der Waals surface area contributed by atoms with Gasteiger partial charge in [-0.25, -0.2) is 5.43 Å². The zero-order valence-corrected chi connectivity index (χ0v) is 15.8. The largest absolute Gasteiger partial charge is 0.494 e. The third kappa shape index (κ3) is 6.37. The van der Waals surface area contributed by atoms with Crippen LogP contribution >= 0.6 is 27.7 Å².